The number of carbonyl (C=O) groups excluding carboxylic acids is 2. The standard InChI is InChI=1S/C42H41N3O10/c1-27-23-45(40(49)43-39(27)48)41-26-44(36(47)25-52-34-13-9-6-10-14-34)38(41)37(54-28(2)46)35(55-41)24-53-42(29-11-7-5-8-12-29,30-15-19-32(50-3)20-16-30)31-17-21-33(51-4)22-18-31/h5-23,35,37-38H,24-26H2,1-4H3,(H,43,48,49)/t35-,37-,38-,41-/m1/s1. The van der Waals surface area contributed by atoms with Crippen LogP contribution in [0.1, 0.15) is 29.2 Å². The van der Waals surface area contributed by atoms with E-state index in [1.54, 1.807) is 45.4 Å². The number of benzene rings is 4. The average Bonchev–Trinajstić information content (AvgIpc) is 3.42. The van der Waals surface area contributed by atoms with Gasteiger partial charge in [-0.3, -0.25) is 23.9 Å². The van der Waals surface area contributed by atoms with E-state index in [9.17, 15) is 19.2 Å². The van der Waals surface area contributed by atoms with Crippen LogP contribution in [0.25, 0.3) is 0 Å². The fraction of sp³-hybridized carbons (Fsp3) is 0.286. The van der Waals surface area contributed by atoms with E-state index in [1.165, 1.54) is 22.6 Å². The van der Waals surface area contributed by atoms with Crippen molar-refractivity contribution in [2.75, 3.05) is 34.0 Å². The number of nitrogens with one attached hydrogen (secondary N) is 1. The molecule has 4 atom stereocenters. The first-order valence-electron chi connectivity index (χ1n) is 17.7. The SMILES string of the molecule is COc1ccc(C(OC[C@H]2O[C@]3(n4cc(C)c(=O)[nH]c4=O)CN(C(=O)COc4ccccc4)[C@@H]3[C@@H]2OC(C)=O)(c2ccccc2)c2ccc(OC)cc2)cc1. The number of ether oxygens (including phenoxy) is 6. The Hall–Kier alpha value is -6.18. The van der Waals surface area contributed by atoms with Crippen LogP contribution in [-0.2, 0) is 35.1 Å². The highest BCUT2D eigenvalue weighted by Crippen LogP contribution is 2.49. The van der Waals surface area contributed by atoms with Crippen LogP contribution in [0.2, 0.25) is 0 Å². The summed E-state index contributed by atoms with van der Waals surface area (Å²) in [5.74, 6) is 0.746. The van der Waals surface area contributed by atoms with E-state index in [-0.39, 0.29) is 25.3 Å². The number of methoxy groups -OCH3 is 2. The lowest BCUT2D eigenvalue weighted by Gasteiger charge is -2.53. The number of hydrogen-bond donors (Lipinski definition) is 1. The molecule has 2 saturated heterocycles. The summed E-state index contributed by atoms with van der Waals surface area (Å²) in [5, 5.41) is 0. The maximum absolute atomic E-state index is 13.8. The third-order valence-electron chi connectivity index (χ3n) is 10.1. The van der Waals surface area contributed by atoms with E-state index in [2.05, 4.69) is 4.98 Å². The van der Waals surface area contributed by atoms with Gasteiger partial charge in [-0.15, -0.1) is 0 Å². The van der Waals surface area contributed by atoms with Crippen LogP contribution in [-0.4, -0.2) is 78.6 Å². The molecule has 1 aromatic heterocycles. The molecule has 0 aliphatic carbocycles. The highest BCUT2D eigenvalue weighted by Gasteiger charge is 2.69. The predicted molar refractivity (Wildman–Crippen MR) is 200 cm³/mol. The number of carbonyl (C=O) groups is 2. The van der Waals surface area contributed by atoms with Crippen molar-refractivity contribution in [3.05, 3.63) is 158 Å². The Labute approximate surface area is 316 Å². The van der Waals surface area contributed by atoms with Gasteiger partial charge in [0.05, 0.1) is 27.4 Å². The van der Waals surface area contributed by atoms with Crippen molar-refractivity contribution in [2.24, 2.45) is 0 Å². The predicted octanol–water partition coefficient (Wildman–Crippen LogP) is 4.14. The summed E-state index contributed by atoms with van der Waals surface area (Å²) in [6.07, 6.45) is -0.722. The smallest absolute Gasteiger partial charge is 0.330 e. The van der Waals surface area contributed by atoms with Gasteiger partial charge in [0.25, 0.3) is 11.5 Å². The zero-order valence-electron chi connectivity index (χ0n) is 30.8. The number of aromatic nitrogens is 2. The maximum atomic E-state index is 13.8. The third kappa shape index (κ3) is 6.88. The maximum Gasteiger partial charge on any atom is 0.330 e. The molecular weight excluding hydrogens is 706 g/mol. The first-order chi connectivity index (χ1) is 26.6. The van der Waals surface area contributed by atoms with E-state index in [1.807, 2.05) is 84.9 Å². The summed E-state index contributed by atoms with van der Waals surface area (Å²) in [6, 6.07) is 32.5. The van der Waals surface area contributed by atoms with E-state index >= 15 is 0 Å². The summed E-state index contributed by atoms with van der Waals surface area (Å²) in [7, 11) is 3.18. The number of rotatable bonds is 13. The Bertz CT molecular complexity index is 2210. The molecule has 0 radical (unpaired) electrons. The van der Waals surface area contributed by atoms with Crippen LogP contribution in [0.4, 0.5) is 0 Å². The number of amides is 1. The second kappa shape index (κ2) is 15.3. The summed E-state index contributed by atoms with van der Waals surface area (Å²) in [4.78, 5) is 56.5. The average molecular weight is 748 g/mol. The minimum atomic E-state index is -1.53. The molecule has 0 bridgehead atoms. The van der Waals surface area contributed by atoms with Gasteiger partial charge in [-0.2, -0.15) is 0 Å². The molecule has 284 valence electrons. The van der Waals surface area contributed by atoms with Crippen LogP contribution in [0, 0.1) is 6.92 Å². The molecule has 4 aromatic carbocycles. The van der Waals surface area contributed by atoms with Crippen LogP contribution in [0.3, 0.4) is 0 Å². The van der Waals surface area contributed by atoms with Crippen molar-refractivity contribution >= 4 is 11.9 Å². The molecule has 13 nitrogen and oxygen atoms in total. The Morgan fingerprint density at radius 3 is 1.95 bits per heavy atom. The van der Waals surface area contributed by atoms with Gasteiger partial charge in [-0.05, 0) is 60.0 Å². The number of esters is 1. The zero-order chi connectivity index (χ0) is 38.7. The number of fused-ring (bicyclic) bond motifs is 1. The van der Waals surface area contributed by atoms with Crippen molar-refractivity contribution in [1.29, 1.82) is 0 Å². The molecule has 13 heteroatoms. The van der Waals surface area contributed by atoms with Crippen molar-refractivity contribution < 1.29 is 38.0 Å². The number of hydrogen-bond acceptors (Lipinski definition) is 10. The van der Waals surface area contributed by atoms with E-state index in [0.29, 0.717) is 17.2 Å². The van der Waals surface area contributed by atoms with Crippen LogP contribution in [0.5, 0.6) is 17.2 Å². The summed E-state index contributed by atoms with van der Waals surface area (Å²) < 4.78 is 37.9. The molecule has 55 heavy (non-hydrogen) atoms. The second-order valence-electron chi connectivity index (χ2n) is 13.4. The number of para-hydroxylation sites is 1. The minimum absolute atomic E-state index is 0.102. The van der Waals surface area contributed by atoms with E-state index in [0.717, 1.165) is 16.7 Å². The molecule has 0 unspecified atom stereocenters. The molecule has 7 rings (SSSR count). The van der Waals surface area contributed by atoms with Gasteiger partial charge in [-0.25, -0.2) is 4.79 Å². The van der Waals surface area contributed by atoms with Gasteiger partial charge < -0.3 is 33.3 Å². The lowest BCUT2D eigenvalue weighted by Crippen LogP contribution is -2.74. The Kier molecular flexibility index (Phi) is 10.3. The molecule has 1 N–H and O–H groups in total. The number of aromatic amines is 1. The quantitative estimate of drug-likeness (QED) is 0.138. The molecule has 1 amide bonds. The number of nitrogens with zero attached hydrogens (tertiary/aromatic N) is 2. The Morgan fingerprint density at radius 1 is 0.818 bits per heavy atom. The van der Waals surface area contributed by atoms with E-state index < -0.39 is 52.7 Å². The van der Waals surface area contributed by atoms with Crippen LogP contribution < -0.4 is 25.5 Å². The lowest BCUT2D eigenvalue weighted by atomic mass is 9.80. The Balaban J connectivity index is 1.32. The minimum Gasteiger partial charge on any atom is -0.497 e. The molecule has 5 aromatic rings. The Morgan fingerprint density at radius 2 is 1.38 bits per heavy atom. The lowest BCUT2D eigenvalue weighted by molar-refractivity contribution is -0.218. The van der Waals surface area contributed by atoms with Gasteiger partial charge in [0.1, 0.15) is 35.0 Å². The van der Waals surface area contributed by atoms with Gasteiger partial charge in [0.2, 0.25) is 0 Å². The zero-order valence-corrected chi connectivity index (χ0v) is 30.8. The van der Waals surface area contributed by atoms with E-state index in [4.69, 9.17) is 28.4 Å². The molecule has 2 aliphatic rings. The third-order valence-corrected chi connectivity index (χ3v) is 10.1. The second-order valence-corrected chi connectivity index (χ2v) is 13.4. The van der Waals surface area contributed by atoms with Crippen molar-refractivity contribution in [1.82, 2.24) is 14.5 Å². The number of likely N-dealkylation sites (tertiary alicyclic amines) is 1. The van der Waals surface area contributed by atoms with Gasteiger partial charge in [0.15, 0.2) is 18.4 Å². The number of H-pyrrole nitrogens is 1. The fourth-order valence-corrected chi connectivity index (χ4v) is 7.49. The number of aryl methyl sites for hydroxylation is 1. The van der Waals surface area contributed by atoms with Crippen LogP contribution in [0.15, 0.2) is 125 Å². The highest BCUT2D eigenvalue weighted by molar-refractivity contribution is 5.80. The normalized spacial score (nSPS) is 20.2. The molecule has 2 aliphatic heterocycles. The summed E-state index contributed by atoms with van der Waals surface area (Å²) in [6.45, 7) is 2.22. The van der Waals surface area contributed by atoms with Gasteiger partial charge in [0, 0.05) is 18.7 Å². The monoisotopic (exact) mass is 747 g/mol. The van der Waals surface area contributed by atoms with Crippen molar-refractivity contribution in [3.63, 3.8) is 0 Å². The summed E-state index contributed by atoms with van der Waals surface area (Å²) >= 11 is 0. The molecule has 2 fully saturated rings. The molecule has 0 spiro atoms. The first kappa shape index (κ1) is 37.1. The largest absolute Gasteiger partial charge is 0.497 e. The van der Waals surface area contributed by atoms with Gasteiger partial charge >= 0.3 is 11.7 Å². The topological polar surface area (TPSA) is 148 Å². The molecule has 3 heterocycles. The first-order valence-corrected chi connectivity index (χ1v) is 17.7. The van der Waals surface area contributed by atoms with Crippen LogP contribution >= 0.6 is 0 Å². The van der Waals surface area contributed by atoms with Crippen molar-refractivity contribution in [3.8, 4) is 17.2 Å². The van der Waals surface area contributed by atoms with Gasteiger partial charge in [-0.1, -0.05) is 72.8 Å². The van der Waals surface area contributed by atoms with Crippen molar-refractivity contribution in [2.45, 2.75) is 43.4 Å². The molecular formula is C42H41N3O10. The fourth-order valence-electron chi connectivity index (χ4n) is 7.49. The summed E-state index contributed by atoms with van der Waals surface area (Å²) in [5.41, 5.74) is -1.54. The molecule has 0 saturated carbocycles. The highest BCUT2D eigenvalue weighted by atomic mass is 16.6.